The molecule has 0 unspecified atom stereocenters. The van der Waals surface area contributed by atoms with E-state index in [4.69, 9.17) is 9.99 Å². The third-order valence-electron chi connectivity index (χ3n) is 2.31. The number of rotatable bonds is 6. The van der Waals surface area contributed by atoms with Gasteiger partial charge in [-0.25, -0.2) is 4.89 Å². The number of benzene rings is 1. The van der Waals surface area contributed by atoms with Crippen LogP contribution in [0.4, 0.5) is 0 Å². The van der Waals surface area contributed by atoms with Gasteiger partial charge in [-0.1, -0.05) is 30.3 Å². The third kappa shape index (κ3) is 5.47. The Labute approximate surface area is 101 Å². The van der Waals surface area contributed by atoms with Crippen LogP contribution in [0.15, 0.2) is 30.3 Å². The summed E-state index contributed by atoms with van der Waals surface area (Å²) in [5, 5.41) is 8.54. The van der Waals surface area contributed by atoms with Crippen LogP contribution in [0.1, 0.15) is 25.8 Å². The maximum Gasteiger partial charge on any atom is 0.308 e. The quantitative estimate of drug-likeness (QED) is 0.470. The van der Waals surface area contributed by atoms with Gasteiger partial charge in [-0.05, 0) is 19.4 Å². The summed E-state index contributed by atoms with van der Waals surface area (Å²) in [4.78, 5) is 15.6. The Morgan fingerprint density at radius 3 is 2.53 bits per heavy atom. The lowest BCUT2D eigenvalue weighted by Crippen LogP contribution is -2.28. The third-order valence-corrected chi connectivity index (χ3v) is 2.31. The second-order valence-electron chi connectivity index (χ2n) is 4.48. The van der Waals surface area contributed by atoms with Crippen LogP contribution in [0.5, 0.6) is 0 Å². The molecular formula is C13H18O4. The molecule has 0 amide bonds. The molecule has 4 heteroatoms. The molecule has 0 aliphatic carbocycles. The van der Waals surface area contributed by atoms with Crippen molar-refractivity contribution in [3.8, 4) is 0 Å². The molecule has 0 aliphatic heterocycles. The van der Waals surface area contributed by atoms with Crippen molar-refractivity contribution in [1.29, 1.82) is 0 Å². The second-order valence-corrected chi connectivity index (χ2v) is 4.48. The van der Waals surface area contributed by atoms with Gasteiger partial charge in [0, 0.05) is 6.42 Å². The fraction of sp³-hybridized carbons (Fsp3) is 0.462. The molecule has 1 N–H and O–H groups in total. The molecule has 0 fully saturated rings. The number of hydrogen-bond donors (Lipinski definition) is 1. The number of carbonyl (C=O) groups excluding carboxylic acids is 1. The summed E-state index contributed by atoms with van der Waals surface area (Å²) in [6.07, 6.45) is 0.714. The number of hydrogen-bond acceptors (Lipinski definition) is 4. The zero-order chi connectivity index (χ0) is 12.7. The lowest BCUT2D eigenvalue weighted by molar-refractivity contribution is -0.313. The van der Waals surface area contributed by atoms with Crippen LogP contribution in [0, 0.1) is 0 Å². The van der Waals surface area contributed by atoms with Crippen molar-refractivity contribution in [2.75, 3.05) is 6.61 Å². The summed E-state index contributed by atoms with van der Waals surface area (Å²) in [6, 6.07) is 9.79. The molecule has 94 valence electrons. The Balaban J connectivity index is 2.25. The highest BCUT2D eigenvalue weighted by Gasteiger charge is 2.23. The summed E-state index contributed by atoms with van der Waals surface area (Å²) in [7, 11) is 0. The number of carbonyl (C=O) groups is 1. The van der Waals surface area contributed by atoms with Gasteiger partial charge in [-0.2, -0.15) is 0 Å². The average Bonchev–Trinajstić information content (AvgIpc) is 2.30. The molecule has 4 nitrogen and oxygen atoms in total. The molecule has 1 aromatic carbocycles. The van der Waals surface area contributed by atoms with Crippen molar-refractivity contribution in [3.05, 3.63) is 35.9 Å². The van der Waals surface area contributed by atoms with Crippen LogP contribution in [-0.2, 0) is 20.8 Å². The molecule has 0 heterocycles. The summed E-state index contributed by atoms with van der Waals surface area (Å²) in [6.45, 7) is 3.57. The minimum absolute atomic E-state index is 0.0261. The Hall–Kier alpha value is -1.39. The Kier molecular flexibility index (Phi) is 5.12. The average molecular weight is 238 g/mol. The van der Waals surface area contributed by atoms with E-state index in [-0.39, 0.29) is 12.4 Å². The predicted octanol–water partition coefficient (Wildman–Crippen LogP) is 2.43. The minimum Gasteiger partial charge on any atom is -0.465 e. The van der Waals surface area contributed by atoms with E-state index in [1.807, 2.05) is 30.3 Å². The van der Waals surface area contributed by atoms with Gasteiger partial charge < -0.3 is 4.74 Å². The number of esters is 1. The number of ether oxygens (including phenoxy) is 1. The molecule has 0 bridgehead atoms. The van der Waals surface area contributed by atoms with Crippen LogP contribution in [0.2, 0.25) is 0 Å². The first-order chi connectivity index (χ1) is 8.03. The summed E-state index contributed by atoms with van der Waals surface area (Å²) in [5.41, 5.74) is 0.224. The van der Waals surface area contributed by atoms with Crippen LogP contribution in [-0.4, -0.2) is 23.4 Å². The van der Waals surface area contributed by atoms with Gasteiger partial charge in [-0.15, -0.1) is 0 Å². The maximum absolute atomic E-state index is 11.4. The SMILES string of the molecule is CC(C)(CC(=O)OCCc1ccccc1)OO. The minimum atomic E-state index is -0.899. The Bertz CT molecular complexity index is 346. The van der Waals surface area contributed by atoms with Crippen LogP contribution in [0.3, 0.4) is 0 Å². The van der Waals surface area contributed by atoms with Gasteiger partial charge in [0.2, 0.25) is 0 Å². The second kappa shape index (κ2) is 6.37. The van der Waals surface area contributed by atoms with Crippen LogP contribution in [0.25, 0.3) is 0 Å². The van der Waals surface area contributed by atoms with Crippen molar-refractivity contribution >= 4 is 5.97 Å². The molecule has 0 saturated carbocycles. The molecule has 0 atom stereocenters. The maximum atomic E-state index is 11.4. The summed E-state index contributed by atoms with van der Waals surface area (Å²) in [5.74, 6) is -0.375. The van der Waals surface area contributed by atoms with Gasteiger partial charge in [0.1, 0.15) is 5.60 Å². The summed E-state index contributed by atoms with van der Waals surface area (Å²) < 4.78 is 5.05. The van der Waals surface area contributed by atoms with E-state index in [1.54, 1.807) is 13.8 Å². The zero-order valence-corrected chi connectivity index (χ0v) is 10.2. The molecule has 1 aromatic rings. The van der Waals surface area contributed by atoms with E-state index in [0.717, 1.165) is 5.56 Å². The molecule has 0 aromatic heterocycles. The highest BCUT2D eigenvalue weighted by atomic mass is 17.1. The Morgan fingerprint density at radius 2 is 1.94 bits per heavy atom. The molecular weight excluding hydrogens is 220 g/mol. The Morgan fingerprint density at radius 1 is 1.29 bits per heavy atom. The van der Waals surface area contributed by atoms with Gasteiger partial charge in [0.15, 0.2) is 0 Å². The largest absolute Gasteiger partial charge is 0.465 e. The van der Waals surface area contributed by atoms with Gasteiger partial charge in [0.05, 0.1) is 13.0 Å². The smallest absolute Gasteiger partial charge is 0.308 e. The standard InChI is InChI=1S/C13H18O4/c1-13(2,17-15)10-12(14)16-9-8-11-6-4-3-5-7-11/h3-7,15H,8-10H2,1-2H3. The molecule has 0 aliphatic rings. The normalized spacial score (nSPS) is 11.2. The highest BCUT2D eigenvalue weighted by molar-refractivity contribution is 5.70. The first-order valence-corrected chi connectivity index (χ1v) is 5.55. The summed E-state index contributed by atoms with van der Waals surface area (Å²) >= 11 is 0. The fourth-order valence-electron chi connectivity index (χ4n) is 1.36. The van der Waals surface area contributed by atoms with Crippen molar-refractivity contribution < 1.29 is 19.7 Å². The predicted molar refractivity (Wildman–Crippen MR) is 63.5 cm³/mol. The highest BCUT2D eigenvalue weighted by Crippen LogP contribution is 2.13. The van der Waals surface area contributed by atoms with E-state index >= 15 is 0 Å². The topological polar surface area (TPSA) is 55.8 Å². The van der Waals surface area contributed by atoms with E-state index in [9.17, 15) is 4.79 Å². The molecule has 1 rings (SSSR count). The van der Waals surface area contributed by atoms with Crippen molar-refractivity contribution in [3.63, 3.8) is 0 Å². The van der Waals surface area contributed by atoms with Gasteiger partial charge in [-0.3, -0.25) is 10.1 Å². The lowest BCUT2D eigenvalue weighted by atomic mass is 10.1. The van der Waals surface area contributed by atoms with E-state index in [1.165, 1.54) is 0 Å². The van der Waals surface area contributed by atoms with Crippen LogP contribution >= 0.6 is 0 Å². The molecule has 0 spiro atoms. The zero-order valence-electron chi connectivity index (χ0n) is 10.2. The molecule has 0 saturated heterocycles. The van der Waals surface area contributed by atoms with Crippen molar-refractivity contribution in [2.45, 2.75) is 32.3 Å². The lowest BCUT2D eigenvalue weighted by Gasteiger charge is -2.18. The first-order valence-electron chi connectivity index (χ1n) is 5.55. The van der Waals surface area contributed by atoms with Gasteiger partial charge in [0.25, 0.3) is 0 Å². The monoisotopic (exact) mass is 238 g/mol. The van der Waals surface area contributed by atoms with Gasteiger partial charge >= 0.3 is 5.97 Å². The fourth-order valence-corrected chi connectivity index (χ4v) is 1.36. The van der Waals surface area contributed by atoms with Crippen molar-refractivity contribution in [2.24, 2.45) is 0 Å². The van der Waals surface area contributed by atoms with Crippen LogP contribution < -0.4 is 0 Å². The van der Waals surface area contributed by atoms with E-state index in [2.05, 4.69) is 4.89 Å². The molecule has 0 radical (unpaired) electrons. The first kappa shape index (κ1) is 13.7. The van der Waals surface area contributed by atoms with E-state index < -0.39 is 5.60 Å². The van der Waals surface area contributed by atoms with E-state index in [0.29, 0.717) is 13.0 Å². The molecule has 17 heavy (non-hydrogen) atoms. The van der Waals surface area contributed by atoms with Crippen molar-refractivity contribution in [1.82, 2.24) is 0 Å².